The van der Waals surface area contributed by atoms with Crippen molar-refractivity contribution in [3.05, 3.63) is 65.2 Å². The molecule has 1 N–H and O–H groups in total. The van der Waals surface area contributed by atoms with Gasteiger partial charge < -0.3 is 14.7 Å². The van der Waals surface area contributed by atoms with Crippen LogP contribution in [0.25, 0.3) is 0 Å². The molecule has 1 heterocycles. The number of ether oxygens (including phenoxy) is 1. The van der Waals surface area contributed by atoms with Gasteiger partial charge in [0.1, 0.15) is 5.75 Å². The fraction of sp³-hybridized carbons (Fsp3) is 0.409. The molecular weight excluding hydrogens is 397 g/mol. The number of hydrogen-bond donors (Lipinski definition) is 1. The van der Waals surface area contributed by atoms with Gasteiger partial charge in [-0.3, -0.25) is 4.79 Å². The summed E-state index contributed by atoms with van der Waals surface area (Å²) in [6.45, 7) is 4.15. The van der Waals surface area contributed by atoms with Crippen LogP contribution in [-0.2, 0) is 11.2 Å². The van der Waals surface area contributed by atoms with Gasteiger partial charge in [0, 0.05) is 24.7 Å². The number of carbonyl (C=O) groups is 1. The van der Waals surface area contributed by atoms with E-state index in [2.05, 4.69) is 4.90 Å². The fourth-order valence-electron chi connectivity index (χ4n) is 3.49. The Labute approximate surface area is 177 Å². The molecule has 0 radical (unpaired) electrons. The Balaban J connectivity index is 0.00000280. The van der Waals surface area contributed by atoms with Gasteiger partial charge in [-0.15, -0.1) is 12.4 Å². The summed E-state index contributed by atoms with van der Waals surface area (Å²) in [5.41, 5.74) is 0.118. The summed E-state index contributed by atoms with van der Waals surface area (Å²) in [5, 5.41) is 11.8. The van der Waals surface area contributed by atoms with Crippen molar-refractivity contribution in [2.24, 2.45) is 5.92 Å². The number of aliphatic hydroxyl groups is 1. The van der Waals surface area contributed by atoms with Crippen LogP contribution in [0.15, 0.2) is 54.6 Å². The number of para-hydroxylation sites is 1. The second-order valence-electron chi connectivity index (χ2n) is 7.24. The van der Waals surface area contributed by atoms with Crippen LogP contribution in [0.1, 0.15) is 25.3 Å². The first kappa shape index (κ1) is 22.7. The summed E-state index contributed by atoms with van der Waals surface area (Å²) in [5.74, 6) is -0.438. The van der Waals surface area contributed by atoms with E-state index in [1.165, 1.54) is 0 Å². The molecule has 0 amide bonds. The molecule has 1 aliphatic rings. The van der Waals surface area contributed by atoms with Crippen molar-refractivity contribution in [1.82, 2.24) is 4.90 Å². The van der Waals surface area contributed by atoms with Crippen LogP contribution in [0.4, 0.5) is 0 Å². The van der Waals surface area contributed by atoms with E-state index in [9.17, 15) is 9.90 Å². The van der Waals surface area contributed by atoms with Crippen molar-refractivity contribution in [1.29, 1.82) is 0 Å². The first-order valence-electron chi connectivity index (χ1n) is 9.43. The Kier molecular flexibility index (Phi) is 8.32. The number of piperidine rings is 1. The fourth-order valence-corrected chi connectivity index (χ4v) is 3.72. The molecule has 152 valence electrons. The summed E-state index contributed by atoms with van der Waals surface area (Å²) < 4.78 is 5.41. The first-order chi connectivity index (χ1) is 13.0. The summed E-state index contributed by atoms with van der Waals surface area (Å²) in [4.78, 5) is 14.7. The van der Waals surface area contributed by atoms with Gasteiger partial charge in [-0.25, -0.2) is 0 Å². The highest BCUT2D eigenvalue weighted by molar-refractivity contribution is 6.31. The molecule has 2 aromatic carbocycles. The highest BCUT2D eigenvalue weighted by Gasteiger charge is 2.41. The van der Waals surface area contributed by atoms with E-state index >= 15 is 0 Å². The molecule has 3 rings (SSSR count). The molecule has 0 spiro atoms. The molecule has 2 aromatic rings. The molecular formula is C22H27Cl2NO3. The smallest absolute Gasteiger partial charge is 0.316 e. The summed E-state index contributed by atoms with van der Waals surface area (Å²) in [6.07, 6.45) is 1.99. The van der Waals surface area contributed by atoms with Gasteiger partial charge in [0.25, 0.3) is 0 Å². The first-order valence-corrected chi connectivity index (χ1v) is 9.81. The SMILES string of the molecule is CC(C(=O)Oc1ccccc1)C1(O)CCN(CCc2ccccc2Cl)CC1.Cl. The Hall–Kier alpha value is -1.59. The molecule has 4 nitrogen and oxygen atoms in total. The lowest BCUT2D eigenvalue weighted by Crippen LogP contribution is -2.51. The minimum atomic E-state index is -1.02. The van der Waals surface area contributed by atoms with Crippen molar-refractivity contribution < 1.29 is 14.6 Å². The minimum Gasteiger partial charge on any atom is -0.426 e. The summed E-state index contributed by atoms with van der Waals surface area (Å²) >= 11 is 6.22. The largest absolute Gasteiger partial charge is 0.426 e. The lowest BCUT2D eigenvalue weighted by Gasteiger charge is -2.40. The monoisotopic (exact) mass is 423 g/mol. The van der Waals surface area contributed by atoms with Gasteiger partial charge in [-0.05, 0) is 49.9 Å². The Bertz CT molecular complexity index is 761. The lowest BCUT2D eigenvalue weighted by atomic mass is 9.80. The van der Waals surface area contributed by atoms with Gasteiger partial charge in [-0.1, -0.05) is 48.0 Å². The van der Waals surface area contributed by atoms with Gasteiger partial charge >= 0.3 is 5.97 Å². The van der Waals surface area contributed by atoms with Crippen molar-refractivity contribution in [2.45, 2.75) is 31.8 Å². The second-order valence-corrected chi connectivity index (χ2v) is 7.65. The zero-order valence-corrected chi connectivity index (χ0v) is 17.6. The van der Waals surface area contributed by atoms with Crippen molar-refractivity contribution in [3.8, 4) is 5.75 Å². The average molecular weight is 424 g/mol. The third-order valence-corrected chi connectivity index (χ3v) is 5.87. The second kappa shape index (κ2) is 10.3. The third kappa shape index (κ3) is 5.71. The van der Waals surface area contributed by atoms with Crippen LogP contribution in [-0.4, -0.2) is 41.2 Å². The highest BCUT2D eigenvalue weighted by atomic mass is 35.5. The molecule has 0 saturated carbocycles. The Morgan fingerprint density at radius 1 is 1.14 bits per heavy atom. The van der Waals surface area contributed by atoms with E-state index in [4.69, 9.17) is 16.3 Å². The number of esters is 1. The Morgan fingerprint density at radius 2 is 1.75 bits per heavy atom. The van der Waals surface area contributed by atoms with Gasteiger partial charge in [0.05, 0.1) is 11.5 Å². The van der Waals surface area contributed by atoms with E-state index in [-0.39, 0.29) is 18.4 Å². The van der Waals surface area contributed by atoms with Crippen LogP contribution >= 0.6 is 24.0 Å². The van der Waals surface area contributed by atoms with Gasteiger partial charge in [0.15, 0.2) is 0 Å². The number of nitrogens with zero attached hydrogens (tertiary/aromatic N) is 1. The Morgan fingerprint density at radius 3 is 2.39 bits per heavy atom. The predicted octanol–water partition coefficient (Wildman–Crippen LogP) is 4.37. The van der Waals surface area contributed by atoms with Crippen molar-refractivity contribution in [3.63, 3.8) is 0 Å². The van der Waals surface area contributed by atoms with Crippen LogP contribution in [0, 0.1) is 5.92 Å². The van der Waals surface area contributed by atoms with Crippen LogP contribution < -0.4 is 4.74 Å². The molecule has 0 bridgehead atoms. The molecule has 6 heteroatoms. The quantitative estimate of drug-likeness (QED) is 0.553. The van der Waals surface area contributed by atoms with Crippen LogP contribution in [0.2, 0.25) is 5.02 Å². The minimum absolute atomic E-state index is 0. The van der Waals surface area contributed by atoms with Crippen LogP contribution in [0.5, 0.6) is 5.75 Å². The maximum atomic E-state index is 12.4. The van der Waals surface area contributed by atoms with Crippen molar-refractivity contribution >= 4 is 30.0 Å². The molecule has 1 atom stereocenters. The molecule has 28 heavy (non-hydrogen) atoms. The van der Waals surface area contributed by atoms with Gasteiger partial charge in [-0.2, -0.15) is 0 Å². The lowest BCUT2D eigenvalue weighted by molar-refractivity contribution is -0.151. The molecule has 1 unspecified atom stereocenters. The van der Waals surface area contributed by atoms with Crippen molar-refractivity contribution in [2.75, 3.05) is 19.6 Å². The number of rotatable bonds is 6. The zero-order valence-electron chi connectivity index (χ0n) is 16.0. The standard InChI is InChI=1S/C22H26ClNO3.ClH/c1-17(21(25)27-19-8-3-2-4-9-19)22(26)12-15-24(16-13-22)14-11-18-7-5-6-10-20(18)23;/h2-10,17,26H,11-16H2,1H3;1H. The number of halogens is 2. The molecule has 1 fully saturated rings. The van der Waals surface area contributed by atoms with Gasteiger partial charge in [0.2, 0.25) is 0 Å². The van der Waals surface area contributed by atoms with E-state index in [1.54, 1.807) is 19.1 Å². The highest BCUT2D eigenvalue weighted by Crippen LogP contribution is 2.31. The predicted molar refractivity (Wildman–Crippen MR) is 114 cm³/mol. The average Bonchev–Trinajstić information content (AvgIpc) is 2.69. The maximum Gasteiger partial charge on any atom is 0.316 e. The number of hydrogen-bond acceptors (Lipinski definition) is 4. The topological polar surface area (TPSA) is 49.8 Å². The third-order valence-electron chi connectivity index (χ3n) is 5.50. The normalized spacial score (nSPS) is 17.4. The number of benzene rings is 2. The molecule has 1 aliphatic heterocycles. The number of likely N-dealkylation sites (tertiary alicyclic amines) is 1. The molecule has 0 aromatic heterocycles. The van der Waals surface area contributed by atoms with E-state index in [0.717, 1.165) is 36.6 Å². The summed E-state index contributed by atoms with van der Waals surface area (Å²) in [7, 11) is 0. The summed E-state index contributed by atoms with van der Waals surface area (Å²) in [6, 6.07) is 16.9. The van der Waals surface area contributed by atoms with Crippen LogP contribution in [0.3, 0.4) is 0 Å². The van der Waals surface area contributed by atoms with E-state index < -0.39 is 11.5 Å². The maximum absolute atomic E-state index is 12.4. The van der Waals surface area contributed by atoms with E-state index in [0.29, 0.717) is 18.6 Å². The molecule has 1 saturated heterocycles. The molecule has 0 aliphatic carbocycles. The zero-order chi connectivity index (χ0) is 19.3. The number of carbonyl (C=O) groups excluding carboxylic acids is 1. The van der Waals surface area contributed by atoms with E-state index in [1.807, 2.05) is 42.5 Å².